The molecule has 2 fully saturated rings. The summed E-state index contributed by atoms with van der Waals surface area (Å²) < 4.78 is 6.80. The Morgan fingerprint density at radius 3 is 2.35 bits per heavy atom. The smallest absolute Gasteiger partial charge is 0.263 e. The molecule has 2 aliphatic rings. The van der Waals surface area contributed by atoms with Gasteiger partial charge in [-0.15, -0.1) is 12.4 Å². The van der Waals surface area contributed by atoms with Crippen LogP contribution in [0.3, 0.4) is 0 Å². The predicted molar refractivity (Wildman–Crippen MR) is 97.1 cm³/mol. The summed E-state index contributed by atoms with van der Waals surface area (Å²) in [4.78, 5) is 14.6. The number of amides is 1. The Bertz CT molecular complexity index is 512. The van der Waals surface area contributed by atoms with Crippen LogP contribution in [0.4, 0.5) is 0 Å². The fourth-order valence-electron chi connectivity index (χ4n) is 3.46. The number of carbonyl (C=O) groups is 1. The first-order valence-electron chi connectivity index (χ1n) is 8.05. The molecule has 0 radical (unpaired) electrons. The van der Waals surface area contributed by atoms with Gasteiger partial charge in [0.15, 0.2) is 6.10 Å². The van der Waals surface area contributed by atoms with E-state index in [2.05, 4.69) is 21.2 Å². The molecular formula is C17H24BrClN2O2. The van der Waals surface area contributed by atoms with Gasteiger partial charge in [0.25, 0.3) is 5.91 Å². The maximum Gasteiger partial charge on any atom is 0.263 e. The van der Waals surface area contributed by atoms with Crippen LogP contribution in [-0.2, 0) is 4.79 Å². The summed E-state index contributed by atoms with van der Waals surface area (Å²) in [7, 11) is 0. The van der Waals surface area contributed by atoms with Crippen molar-refractivity contribution in [1.82, 2.24) is 10.2 Å². The van der Waals surface area contributed by atoms with E-state index in [0.29, 0.717) is 0 Å². The van der Waals surface area contributed by atoms with E-state index in [1.807, 2.05) is 36.1 Å². The number of fused-ring (bicyclic) bond motifs is 1. The second-order valence-corrected chi connectivity index (χ2v) is 7.21. The van der Waals surface area contributed by atoms with Crippen molar-refractivity contribution < 1.29 is 9.53 Å². The van der Waals surface area contributed by atoms with Gasteiger partial charge in [0.2, 0.25) is 0 Å². The minimum Gasteiger partial charge on any atom is -0.481 e. The van der Waals surface area contributed by atoms with Crippen LogP contribution in [0.15, 0.2) is 28.7 Å². The van der Waals surface area contributed by atoms with Crippen molar-refractivity contribution in [2.75, 3.05) is 26.2 Å². The predicted octanol–water partition coefficient (Wildman–Crippen LogP) is 3.10. The molecule has 1 unspecified atom stereocenters. The van der Waals surface area contributed by atoms with Crippen LogP contribution in [0.2, 0.25) is 0 Å². The first-order valence-corrected chi connectivity index (χ1v) is 8.84. The third-order valence-electron chi connectivity index (χ3n) is 4.81. The Morgan fingerprint density at radius 1 is 1.22 bits per heavy atom. The molecule has 2 aliphatic heterocycles. The van der Waals surface area contributed by atoms with E-state index in [9.17, 15) is 4.79 Å². The summed E-state index contributed by atoms with van der Waals surface area (Å²) in [5.74, 6) is 2.32. The molecule has 0 spiro atoms. The number of hydrogen-bond donors (Lipinski definition) is 1. The number of halogens is 2. The zero-order chi connectivity index (χ0) is 15.5. The molecule has 6 heteroatoms. The molecule has 2 saturated heterocycles. The molecule has 3 rings (SSSR count). The highest BCUT2D eigenvalue weighted by molar-refractivity contribution is 9.10. The number of nitrogens with zero attached hydrogens (tertiary/aromatic N) is 1. The number of nitrogens with one attached hydrogen (secondary N) is 1. The van der Waals surface area contributed by atoms with Gasteiger partial charge in [-0.25, -0.2) is 0 Å². The lowest BCUT2D eigenvalue weighted by atomic mass is 9.92. The van der Waals surface area contributed by atoms with Crippen LogP contribution in [0.25, 0.3) is 0 Å². The Labute approximate surface area is 152 Å². The van der Waals surface area contributed by atoms with Gasteiger partial charge in [-0.1, -0.05) is 15.9 Å². The van der Waals surface area contributed by atoms with Crippen LogP contribution in [0.5, 0.6) is 5.75 Å². The molecule has 0 aromatic heterocycles. The third-order valence-corrected chi connectivity index (χ3v) is 5.33. The number of rotatable bonds is 3. The highest BCUT2D eigenvalue weighted by Gasteiger charge is 2.32. The van der Waals surface area contributed by atoms with Gasteiger partial charge >= 0.3 is 0 Å². The lowest BCUT2D eigenvalue weighted by Crippen LogP contribution is -2.41. The second kappa shape index (κ2) is 8.36. The van der Waals surface area contributed by atoms with Crippen LogP contribution >= 0.6 is 28.3 Å². The van der Waals surface area contributed by atoms with Crippen LogP contribution in [0, 0.1) is 11.8 Å². The fraction of sp³-hybridized carbons (Fsp3) is 0.588. The van der Waals surface area contributed by atoms with Crippen molar-refractivity contribution in [2.24, 2.45) is 11.8 Å². The SMILES string of the molecule is CC(Oc1ccc(Br)cc1)C(=O)N1CC[C@@H]2CNC[C@@H]2CC1.Cl. The topological polar surface area (TPSA) is 41.6 Å². The Kier molecular flexibility index (Phi) is 6.74. The minimum absolute atomic E-state index is 0. The standard InChI is InChI=1S/C17H23BrN2O2.ClH/c1-12(22-16-4-2-15(18)3-5-16)17(21)20-8-6-13-10-19-11-14(13)7-9-20;/h2-5,12-14,19H,6-11H2,1H3;1H/t12?,13-,14+;. The first kappa shape index (κ1) is 18.6. The van der Waals surface area contributed by atoms with Crippen molar-refractivity contribution in [1.29, 1.82) is 0 Å². The number of carbonyl (C=O) groups excluding carboxylic acids is 1. The molecule has 4 nitrogen and oxygen atoms in total. The van der Waals surface area contributed by atoms with Gasteiger partial charge in [-0.05, 0) is 69.0 Å². The van der Waals surface area contributed by atoms with Gasteiger partial charge in [-0.3, -0.25) is 4.79 Å². The summed E-state index contributed by atoms with van der Waals surface area (Å²) in [5, 5.41) is 3.46. The molecule has 0 aliphatic carbocycles. The van der Waals surface area contributed by atoms with Crippen molar-refractivity contribution in [3.05, 3.63) is 28.7 Å². The average molecular weight is 404 g/mol. The Balaban J connectivity index is 0.00000192. The molecule has 2 heterocycles. The van der Waals surface area contributed by atoms with Gasteiger partial charge in [0.05, 0.1) is 0 Å². The molecule has 0 saturated carbocycles. The number of ether oxygens (including phenoxy) is 1. The summed E-state index contributed by atoms with van der Waals surface area (Å²) in [5.41, 5.74) is 0. The van der Waals surface area contributed by atoms with Crippen molar-refractivity contribution in [2.45, 2.75) is 25.9 Å². The summed E-state index contributed by atoms with van der Waals surface area (Å²) in [6.45, 7) is 5.78. The van der Waals surface area contributed by atoms with E-state index in [4.69, 9.17) is 4.74 Å². The van der Waals surface area contributed by atoms with Crippen LogP contribution in [0.1, 0.15) is 19.8 Å². The molecule has 1 aromatic carbocycles. The van der Waals surface area contributed by atoms with E-state index < -0.39 is 6.10 Å². The zero-order valence-electron chi connectivity index (χ0n) is 13.3. The fourth-order valence-corrected chi connectivity index (χ4v) is 3.73. The highest BCUT2D eigenvalue weighted by Crippen LogP contribution is 2.27. The van der Waals surface area contributed by atoms with E-state index in [1.165, 1.54) is 0 Å². The number of benzene rings is 1. The molecule has 1 aromatic rings. The molecule has 23 heavy (non-hydrogen) atoms. The van der Waals surface area contributed by atoms with Crippen LogP contribution in [-0.4, -0.2) is 43.1 Å². The Hall–Kier alpha value is -0.780. The quantitative estimate of drug-likeness (QED) is 0.843. The van der Waals surface area contributed by atoms with E-state index in [1.54, 1.807) is 0 Å². The maximum absolute atomic E-state index is 12.6. The summed E-state index contributed by atoms with van der Waals surface area (Å²) in [6, 6.07) is 7.61. The van der Waals surface area contributed by atoms with Crippen molar-refractivity contribution >= 4 is 34.2 Å². The monoisotopic (exact) mass is 402 g/mol. The number of likely N-dealkylation sites (tertiary alicyclic amines) is 1. The largest absolute Gasteiger partial charge is 0.481 e. The molecular weight excluding hydrogens is 380 g/mol. The molecule has 0 bridgehead atoms. The highest BCUT2D eigenvalue weighted by atomic mass is 79.9. The van der Waals surface area contributed by atoms with Gasteiger partial charge < -0.3 is 15.0 Å². The average Bonchev–Trinajstić information content (AvgIpc) is 2.87. The van der Waals surface area contributed by atoms with Crippen molar-refractivity contribution in [3.8, 4) is 5.75 Å². The molecule has 128 valence electrons. The van der Waals surface area contributed by atoms with Crippen molar-refractivity contribution in [3.63, 3.8) is 0 Å². The zero-order valence-corrected chi connectivity index (χ0v) is 15.7. The van der Waals surface area contributed by atoms with Crippen LogP contribution < -0.4 is 10.1 Å². The van der Waals surface area contributed by atoms with Gasteiger partial charge in [0.1, 0.15) is 5.75 Å². The molecule has 3 atom stereocenters. The second-order valence-electron chi connectivity index (χ2n) is 6.30. The lowest BCUT2D eigenvalue weighted by molar-refractivity contribution is -0.137. The maximum atomic E-state index is 12.6. The Morgan fingerprint density at radius 2 is 1.78 bits per heavy atom. The summed E-state index contributed by atoms with van der Waals surface area (Å²) >= 11 is 3.40. The summed E-state index contributed by atoms with van der Waals surface area (Å²) in [6.07, 6.45) is 1.78. The van der Waals surface area contributed by atoms with E-state index >= 15 is 0 Å². The normalized spacial score (nSPS) is 25.0. The number of hydrogen-bond acceptors (Lipinski definition) is 3. The lowest BCUT2D eigenvalue weighted by Gasteiger charge is -2.25. The minimum atomic E-state index is -0.433. The molecule has 1 N–H and O–H groups in total. The first-order chi connectivity index (χ1) is 10.6. The third kappa shape index (κ3) is 4.61. The van der Waals surface area contributed by atoms with E-state index in [0.717, 1.165) is 61.1 Å². The van der Waals surface area contributed by atoms with E-state index in [-0.39, 0.29) is 18.3 Å². The van der Waals surface area contributed by atoms with Gasteiger partial charge in [-0.2, -0.15) is 0 Å². The molecule has 1 amide bonds. The van der Waals surface area contributed by atoms with Gasteiger partial charge in [0, 0.05) is 17.6 Å².